The van der Waals surface area contributed by atoms with Crippen molar-refractivity contribution >= 4 is 11.6 Å². The third-order valence-corrected chi connectivity index (χ3v) is 4.23. The maximum atomic E-state index is 4.72. The first-order valence-corrected chi connectivity index (χ1v) is 7.56. The van der Waals surface area contributed by atoms with Crippen LogP contribution in [-0.4, -0.2) is 23.1 Å². The minimum Gasteiger partial charge on any atom is -0.373 e. The third kappa shape index (κ3) is 3.22. The molecule has 112 valence electrons. The van der Waals surface area contributed by atoms with Crippen molar-refractivity contribution in [1.29, 1.82) is 0 Å². The van der Waals surface area contributed by atoms with Gasteiger partial charge in [-0.25, -0.2) is 9.97 Å². The molecule has 0 aromatic carbocycles. The quantitative estimate of drug-likeness (QED) is 0.881. The molecule has 1 atom stereocenters. The van der Waals surface area contributed by atoms with Gasteiger partial charge >= 0.3 is 0 Å². The van der Waals surface area contributed by atoms with Crippen LogP contribution in [0.3, 0.4) is 0 Å². The van der Waals surface area contributed by atoms with Crippen LogP contribution in [0.25, 0.3) is 0 Å². The molecule has 4 heteroatoms. The molecule has 20 heavy (non-hydrogen) atoms. The lowest BCUT2D eigenvalue weighted by molar-refractivity contribution is 0.349. The van der Waals surface area contributed by atoms with Gasteiger partial charge in [0.25, 0.3) is 0 Å². The Kier molecular flexibility index (Phi) is 3.94. The Morgan fingerprint density at radius 1 is 1.20 bits per heavy atom. The lowest BCUT2D eigenvalue weighted by Gasteiger charge is -2.29. The van der Waals surface area contributed by atoms with E-state index in [2.05, 4.69) is 50.2 Å². The molecule has 2 N–H and O–H groups in total. The minimum absolute atomic E-state index is 0.0471. The summed E-state index contributed by atoms with van der Waals surface area (Å²) in [6, 6.07) is 2.50. The predicted molar refractivity (Wildman–Crippen MR) is 85.3 cm³/mol. The minimum atomic E-state index is -0.0471. The molecule has 0 aliphatic heterocycles. The molecule has 1 fully saturated rings. The van der Waals surface area contributed by atoms with E-state index in [0.717, 1.165) is 17.5 Å². The van der Waals surface area contributed by atoms with Gasteiger partial charge in [0.05, 0.1) is 0 Å². The molecule has 0 amide bonds. The second kappa shape index (κ2) is 5.23. The highest BCUT2D eigenvalue weighted by Gasteiger charge is 2.34. The summed E-state index contributed by atoms with van der Waals surface area (Å²) in [5.74, 6) is 2.69. The van der Waals surface area contributed by atoms with E-state index in [1.807, 2.05) is 13.1 Å². The first-order chi connectivity index (χ1) is 9.22. The van der Waals surface area contributed by atoms with Crippen LogP contribution in [0.2, 0.25) is 0 Å². The van der Waals surface area contributed by atoms with E-state index in [1.54, 1.807) is 0 Å². The fourth-order valence-electron chi connectivity index (χ4n) is 2.76. The van der Waals surface area contributed by atoms with Gasteiger partial charge in [-0.1, -0.05) is 41.0 Å². The van der Waals surface area contributed by atoms with Crippen molar-refractivity contribution in [3.8, 4) is 0 Å². The average Bonchev–Trinajstić information content (AvgIpc) is 2.67. The molecule has 0 saturated heterocycles. The lowest BCUT2D eigenvalue weighted by Crippen LogP contribution is -2.31. The molecule has 4 nitrogen and oxygen atoms in total. The summed E-state index contributed by atoms with van der Waals surface area (Å²) < 4.78 is 0. The first-order valence-electron chi connectivity index (χ1n) is 7.56. The highest BCUT2D eigenvalue weighted by atomic mass is 15.1. The standard InChI is InChI=1S/C16H28N4/c1-15(2,3)14-19-12(17-6)10-13(20-14)18-11-8-7-9-16(11,4)5/h10-11H,7-9H2,1-6H3,(H2,17,18,19,20). The highest BCUT2D eigenvalue weighted by molar-refractivity contribution is 5.48. The van der Waals surface area contributed by atoms with E-state index in [9.17, 15) is 0 Å². The number of aromatic nitrogens is 2. The molecular weight excluding hydrogens is 248 g/mol. The summed E-state index contributed by atoms with van der Waals surface area (Å²) >= 11 is 0. The van der Waals surface area contributed by atoms with Crippen molar-refractivity contribution in [3.63, 3.8) is 0 Å². The van der Waals surface area contributed by atoms with E-state index in [1.165, 1.54) is 19.3 Å². The molecule has 1 saturated carbocycles. The van der Waals surface area contributed by atoms with Crippen LogP contribution in [0, 0.1) is 5.41 Å². The van der Waals surface area contributed by atoms with Gasteiger partial charge in [0.15, 0.2) is 0 Å². The molecule has 1 aromatic heterocycles. The summed E-state index contributed by atoms with van der Waals surface area (Å²) in [5, 5.41) is 6.76. The molecule has 0 spiro atoms. The largest absolute Gasteiger partial charge is 0.373 e. The Labute approximate surface area is 122 Å². The van der Waals surface area contributed by atoms with Gasteiger partial charge in [-0.05, 0) is 18.3 Å². The van der Waals surface area contributed by atoms with E-state index in [4.69, 9.17) is 4.98 Å². The van der Waals surface area contributed by atoms with Crippen molar-refractivity contribution in [2.75, 3.05) is 17.7 Å². The predicted octanol–water partition coefficient (Wildman–Crippen LogP) is 3.81. The van der Waals surface area contributed by atoms with Crippen molar-refractivity contribution in [2.45, 2.75) is 65.3 Å². The Balaban J connectivity index is 2.27. The summed E-state index contributed by atoms with van der Waals surface area (Å²) in [7, 11) is 1.90. The molecule has 1 heterocycles. The number of nitrogens with zero attached hydrogens (tertiary/aromatic N) is 2. The highest BCUT2D eigenvalue weighted by Crippen LogP contribution is 2.39. The molecule has 2 rings (SSSR count). The fraction of sp³-hybridized carbons (Fsp3) is 0.750. The molecule has 0 bridgehead atoms. The van der Waals surface area contributed by atoms with Gasteiger partial charge < -0.3 is 10.6 Å². The zero-order chi connectivity index (χ0) is 15.0. The summed E-state index contributed by atoms with van der Waals surface area (Å²) in [4.78, 5) is 9.29. The zero-order valence-electron chi connectivity index (χ0n) is 13.7. The smallest absolute Gasteiger partial charge is 0.138 e. The Hall–Kier alpha value is -1.32. The van der Waals surface area contributed by atoms with Crippen molar-refractivity contribution in [1.82, 2.24) is 9.97 Å². The van der Waals surface area contributed by atoms with Gasteiger partial charge in [-0.2, -0.15) is 0 Å². The van der Waals surface area contributed by atoms with Gasteiger partial charge in [-0.15, -0.1) is 0 Å². The van der Waals surface area contributed by atoms with Crippen molar-refractivity contribution in [3.05, 3.63) is 11.9 Å². The molecule has 0 radical (unpaired) electrons. The maximum absolute atomic E-state index is 4.72. The zero-order valence-corrected chi connectivity index (χ0v) is 13.7. The van der Waals surface area contributed by atoms with E-state index in [0.29, 0.717) is 11.5 Å². The monoisotopic (exact) mass is 276 g/mol. The lowest BCUT2D eigenvalue weighted by atomic mass is 9.87. The van der Waals surface area contributed by atoms with Gasteiger partial charge in [-0.3, -0.25) is 0 Å². The topological polar surface area (TPSA) is 49.8 Å². The van der Waals surface area contributed by atoms with Crippen LogP contribution < -0.4 is 10.6 Å². The Bertz CT molecular complexity index is 474. The summed E-state index contributed by atoms with van der Waals surface area (Å²) in [6.45, 7) is 11.1. The molecule has 1 aliphatic rings. The molecule has 1 unspecified atom stereocenters. The second-order valence-corrected chi connectivity index (χ2v) is 7.54. The molecule has 1 aliphatic carbocycles. The maximum Gasteiger partial charge on any atom is 0.138 e. The average molecular weight is 276 g/mol. The number of anilines is 2. The Morgan fingerprint density at radius 2 is 1.85 bits per heavy atom. The van der Waals surface area contributed by atoms with Crippen molar-refractivity contribution < 1.29 is 0 Å². The van der Waals surface area contributed by atoms with Crippen LogP contribution in [0.4, 0.5) is 11.6 Å². The van der Waals surface area contributed by atoms with Gasteiger partial charge in [0.1, 0.15) is 17.5 Å². The van der Waals surface area contributed by atoms with Gasteiger partial charge in [0, 0.05) is 24.6 Å². The van der Waals surface area contributed by atoms with Crippen LogP contribution >= 0.6 is 0 Å². The fourth-order valence-corrected chi connectivity index (χ4v) is 2.76. The molecular formula is C16H28N4. The number of hydrogen-bond donors (Lipinski definition) is 2. The van der Waals surface area contributed by atoms with Crippen LogP contribution in [0.5, 0.6) is 0 Å². The SMILES string of the molecule is CNc1cc(NC2CCCC2(C)C)nc(C(C)(C)C)n1. The van der Waals surface area contributed by atoms with E-state index in [-0.39, 0.29) is 5.41 Å². The van der Waals surface area contributed by atoms with Crippen LogP contribution in [0.1, 0.15) is 59.7 Å². The van der Waals surface area contributed by atoms with Crippen LogP contribution in [0.15, 0.2) is 6.07 Å². The third-order valence-electron chi connectivity index (χ3n) is 4.23. The summed E-state index contributed by atoms with van der Waals surface area (Å²) in [5.41, 5.74) is 0.293. The Morgan fingerprint density at radius 3 is 2.35 bits per heavy atom. The normalized spacial score (nSPS) is 21.8. The van der Waals surface area contributed by atoms with E-state index >= 15 is 0 Å². The van der Waals surface area contributed by atoms with Gasteiger partial charge in [0.2, 0.25) is 0 Å². The summed E-state index contributed by atoms with van der Waals surface area (Å²) in [6.07, 6.45) is 3.79. The number of hydrogen-bond acceptors (Lipinski definition) is 4. The second-order valence-electron chi connectivity index (χ2n) is 7.54. The van der Waals surface area contributed by atoms with Crippen molar-refractivity contribution in [2.24, 2.45) is 5.41 Å². The van der Waals surface area contributed by atoms with E-state index < -0.39 is 0 Å². The first kappa shape index (κ1) is 15.1. The number of rotatable bonds is 3. The van der Waals surface area contributed by atoms with Crippen LogP contribution in [-0.2, 0) is 5.41 Å². The molecule has 1 aromatic rings. The number of nitrogens with one attached hydrogen (secondary N) is 2.